The smallest absolute Gasteiger partial charge is 0.167 e. The number of ether oxygens (including phenoxy) is 1. The van der Waals surface area contributed by atoms with Crippen LogP contribution in [0, 0.1) is 18.3 Å². The van der Waals surface area contributed by atoms with Crippen LogP contribution in [0.25, 0.3) is 0 Å². The fraction of sp³-hybridized carbons (Fsp3) is 0.611. The van der Waals surface area contributed by atoms with E-state index in [0.29, 0.717) is 5.78 Å². The van der Waals surface area contributed by atoms with E-state index < -0.39 is 0 Å². The third kappa shape index (κ3) is 1.60. The lowest BCUT2D eigenvalue weighted by molar-refractivity contribution is 0.0500. The molecule has 20 heavy (non-hydrogen) atoms. The number of hydrogen-bond donors (Lipinski definition) is 0. The van der Waals surface area contributed by atoms with Crippen molar-refractivity contribution in [3.63, 3.8) is 0 Å². The van der Waals surface area contributed by atoms with Gasteiger partial charge in [0.1, 0.15) is 5.75 Å². The van der Waals surface area contributed by atoms with Gasteiger partial charge in [-0.25, -0.2) is 0 Å². The number of benzene rings is 1. The number of hydrogen-bond acceptors (Lipinski definition) is 2. The van der Waals surface area contributed by atoms with Crippen LogP contribution in [-0.4, -0.2) is 12.9 Å². The molecule has 2 heteroatoms. The third-order valence-electron chi connectivity index (χ3n) is 5.61. The van der Waals surface area contributed by atoms with E-state index in [2.05, 4.69) is 26.8 Å². The SMILES string of the molecule is COc1cc2c(cc1C)C(=O)[C@H]1C(C)(C)CCC[C@@]21C. The Hall–Kier alpha value is -1.31. The fourth-order valence-electron chi connectivity index (χ4n) is 4.74. The summed E-state index contributed by atoms with van der Waals surface area (Å²) in [5.41, 5.74) is 3.27. The van der Waals surface area contributed by atoms with Gasteiger partial charge in [-0.3, -0.25) is 4.79 Å². The highest BCUT2D eigenvalue weighted by Crippen LogP contribution is 2.58. The van der Waals surface area contributed by atoms with Gasteiger partial charge in [-0.1, -0.05) is 27.2 Å². The average Bonchev–Trinajstić information content (AvgIpc) is 2.57. The summed E-state index contributed by atoms with van der Waals surface area (Å²) in [6.45, 7) is 8.80. The van der Waals surface area contributed by atoms with Gasteiger partial charge in [-0.2, -0.15) is 0 Å². The van der Waals surface area contributed by atoms with Crippen molar-refractivity contribution in [2.75, 3.05) is 7.11 Å². The molecule has 0 N–H and O–H groups in total. The quantitative estimate of drug-likeness (QED) is 0.762. The van der Waals surface area contributed by atoms with Crippen molar-refractivity contribution in [2.45, 2.75) is 52.4 Å². The van der Waals surface area contributed by atoms with Crippen molar-refractivity contribution in [1.82, 2.24) is 0 Å². The Bertz CT molecular complexity index is 585. The largest absolute Gasteiger partial charge is 0.496 e. The lowest BCUT2D eigenvalue weighted by Gasteiger charge is -2.46. The Morgan fingerprint density at radius 3 is 2.55 bits per heavy atom. The zero-order valence-electron chi connectivity index (χ0n) is 13.2. The third-order valence-corrected chi connectivity index (χ3v) is 5.61. The van der Waals surface area contributed by atoms with Gasteiger partial charge in [0.05, 0.1) is 7.11 Å². The van der Waals surface area contributed by atoms with Gasteiger partial charge in [0.15, 0.2) is 5.78 Å². The van der Waals surface area contributed by atoms with Gasteiger partial charge in [-0.05, 0) is 48.4 Å². The molecule has 3 rings (SSSR count). The van der Waals surface area contributed by atoms with Crippen molar-refractivity contribution >= 4 is 5.78 Å². The summed E-state index contributed by atoms with van der Waals surface area (Å²) >= 11 is 0. The molecule has 0 heterocycles. The molecule has 1 aromatic carbocycles. The van der Waals surface area contributed by atoms with Crippen LogP contribution in [0.4, 0.5) is 0 Å². The van der Waals surface area contributed by atoms with E-state index in [4.69, 9.17) is 4.74 Å². The number of Topliss-reactive ketones (excluding diaryl/α,β-unsaturated/α-hetero) is 1. The molecule has 0 bridgehead atoms. The van der Waals surface area contributed by atoms with E-state index >= 15 is 0 Å². The molecule has 0 spiro atoms. The maximum atomic E-state index is 13.0. The van der Waals surface area contributed by atoms with Crippen LogP contribution in [0.5, 0.6) is 5.75 Å². The van der Waals surface area contributed by atoms with Crippen molar-refractivity contribution in [3.8, 4) is 5.75 Å². The first-order valence-electron chi connectivity index (χ1n) is 7.54. The van der Waals surface area contributed by atoms with Gasteiger partial charge in [0.25, 0.3) is 0 Å². The van der Waals surface area contributed by atoms with Crippen LogP contribution in [0.3, 0.4) is 0 Å². The standard InChI is InChI=1S/C18H24O2/c1-11-9-12-13(10-14(11)20-5)18(4)8-6-7-17(2,3)16(18)15(12)19/h9-10,16H,6-8H2,1-5H3/t16-,18-/m0/s1. The molecule has 108 valence electrons. The summed E-state index contributed by atoms with van der Waals surface area (Å²) in [4.78, 5) is 13.0. The van der Waals surface area contributed by atoms with E-state index in [0.717, 1.165) is 29.7 Å². The van der Waals surface area contributed by atoms with E-state index in [1.807, 2.05) is 13.0 Å². The van der Waals surface area contributed by atoms with Gasteiger partial charge >= 0.3 is 0 Å². The second kappa shape index (κ2) is 4.09. The average molecular weight is 272 g/mol. The number of methoxy groups -OCH3 is 1. The minimum absolute atomic E-state index is 0.0187. The highest BCUT2D eigenvalue weighted by molar-refractivity contribution is 6.05. The Labute approximate surface area is 121 Å². The molecule has 2 atom stereocenters. The highest BCUT2D eigenvalue weighted by atomic mass is 16.5. The second-order valence-corrected chi connectivity index (χ2v) is 7.42. The minimum Gasteiger partial charge on any atom is -0.496 e. The Morgan fingerprint density at radius 1 is 1.20 bits per heavy atom. The summed E-state index contributed by atoms with van der Waals surface area (Å²) in [6.07, 6.45) is 3.44. The number of carbonyl (C=O) groups excluding carboxylic acids is 1. The monoisotopic (exact) mass is 272 g/mol. The number of ketones is 1. The highest BCUT2D eigenvalue weighted by Gasteiger charge is 2.56. The number of rotatable bonds is 1. The Morgan fingerprint density at radius 2 is 1.90 bits per heavy atom. The first-order chi connectivity index (χ1) is 9.31. The van der Waals surface area contributed by atoms with Crippen LogP contribution in [0.15, 0.2) is 12.1 Å². The molecule has 0 radical (unpaired) electrons. The minimum atomic E-state index is -0.0187. The first kappa shape index (κ1) is 13.7. The van der Waals surface area contributed by atoms with Gasteiger partial charge in [-0.15, -0.1) is 0 Å². The zero-order chi connectivity index (χ0) is 14.7. The molecule has 2 nitrogen and oxygen atoms in total. The number of aryl methyl sites for hydroxylation is 1. The number of carbonyl (C=O) groups is 1. The van der Waals surface area contributed by atoms with Gasteiger partial charge in [0, 0.05) is 16.9 Å². The zero-order valence-corrected chi connectivity index (χ0v) is 13.2. The summed E-state index contributed by atoms with van der Waals surface area (Å²) in [7, 11) is 1.70. The molecule has 1 aromatic rings. The second-order valence-electron chi connectivity index (χ2n) is 7.42. The molecule has 0 unspecified atom stereocenters. The molecular weight excluding hydrogens is 248 g/mol. The summed E-state index contributed by atoms with van der Waals surface area (Å²) in [5.74, 6) is 1.37. The first-order valence-corrected chi connectivity index (χ1v) is 7.54. The Kier molecular flexibility index (Phi) is 2.80. The molecule has 1 saturated carbocycles. The molecule has 2 aliphatic carbocycles. The van der Waals surface area contributed by atoms with Crippen LogP contribution in [0.1, 0.15) is 61.5 Å². The van der Waals surface area contributed by atoms with Gasteiger partial charge < -0.3 is 4.74 Å². The molecule has 0 aliphatic heterocycles. The van der Waals surface area contributed by atoms with E-state index in [1.54, 1.807) is 7.11 Å². The van der Waals surface area contributed by atoms with Crippen LogP contribution in [0.2, 0.25) is 0 Å². The lowest BCUT2D eigenvalue weighted by Crippen LogP contribution is -2.44. The van der Waals surface area contributed by atoms with Crippen LogP contribution in [-0.2, 0) is 5.41 Å². The van der Waals surface area contributed by atoms with Crippen molar-refractivity contribution in [3.05, 3.63) is 28.8 Å². The molecule has 0 saturated heterocycles. The number of fused-ring (bicyclic) bond motifs is 3. The van der Waals surface area contributed by atoms with E-state index in [1.165, 1.54) is 12.0 Å². The summed E-state index contributed by atoms with van der Waals surface area (Å²) in [5, 5.41) is 0. The van der Waals surface area contributed by atoms with Crippen molar-refractivity contribution < 1.29 is 9.53 Å². The van der Waals surface area contributed by atoms with Crippen molar-refractivity contribution in [2.24, 2.45) is 11.3 Å². The Balaban J connectivity index is 2.23. The van der Waals surface area contributed by atoms with Crippen molar-refractivity contribution in [1.29, 1.82) is 0 Å². The normalized spacial score (nSPS) is 30.9. The van der Waals surface area contributed by atoms with E-state index in [-0.39, 0.29) is 16.7 Å². The summed E-state index contributed by atoms with van der Waals surface area (Å²) in [6, 6.07) is 4.15. The maximum Gasteiger partial charge on any atom is 0.167 e. The van der Waals surface area contributed by atoms with E-state index in [9.17, 15) is 4.79 Å². The fourth-order valence-corrected chi connectivity index (χ4v) is 4.74. The molecule has 0 aromatic heterocycles. The molecular formula is C18H24O2. The molecule has 0 amide bonds. The molecule has 1 fully saturated rings. The van der Waals surface area contributed by atoms with Crippen LogP contribution < -0.4 is 4.74 Å². The predicted octanol–water partition coefficient (Wildman–Crippen LogP) is 4.28. The van der Waals surface area contributed by atoms with Gasteiger partial charge in [0.2, 0.25) is 0 Å². The predicted molar refractivity (Wildman–Crippen MR) is 80.5 cm³/mol. The lowest BCUT2D eigenvalue weighted by atomic mass is 9.56. The molecule has 2 aliphatic rings. The summed E-state index contributed by atoms with van der Waals surface area (Å²) < 4.78 is 5.47. The van der Waals surface area contributed by atoms with Crippen LogP contribution >= 0.6 is 0 Å². The maximum absolute atomic E-state index is 13.0. The topological polar surface area (TPSA) is 26.3 Å².